The number of hydrogen-bond acceptors (Lipinski definition) is 4. The molecule has 1 N–H and O–H groups in total. The van der Waals surface area contributed by atoms with E-state index in [4.69, 9.17) is 17.0 Å². The summed E-state index contributed by atoms with van der Waals surface area (Å²) in [5, 5.41) is 0. The maximum absolute atomic E-state index is 5.24. The van der Waals surface area contributed by atoms with Crippen molar-refractivity contribution in [1.82, 2.24) is 19.4 Å². The summed E-state index contributed by atoms with van der Waals surface area (Å²) in [5.74, 6) is 0.890. The quantitative estimate of drug-likeness (QED) is 0.702. The van der Waals surface area contributed by atoms with Crippen molar-refractivity contribution in [3.05, 3.63) is 76.1 Å². The van der Waals surface area contributed by atoms with E-state index in [0.29, 0.717) is 4.77 Å². The van der Waals surface area contributed by atoms with E-state index in [-0.39, 0.29) is 0 Å². The lowest BCUT2D eigenvalue weighted by atomic mass is 10.1. The zero-order valence-corrected chi connectivity index (χ0v) is 15.6. The molecule has 26 heavy (non-hydrogen) atoms. The molecular weight excluding hydrogens is 344 g/mol. The molecule has 0 aliphatic carbocycles. The van der Waals surface area contributed by atoms with E-state index in [1.54, 1.807) is 7.11 Å². The zero-order chi connectivity index (χ0) is 17.9. The van der Waals surface area contributed by atoms with Gasteiger partial charge in [-0.15, -0.1) is 0 Å². The number of methoxy groups -OCH3 is 1. The Hall–Kier alpha value is -2.44. The van der Waals surface area contributed by atoms with Gasteiger partial charge in [0, 0.05) is 61.9 Å². The largest absolute Gasteiger partial charge is 0.497 e. The van der Waals surface area contributed by atoms with Gasteiger partial charge >= 0.3 is 0 Å². The highest BCUT2D eigenvalue weighted by atomic mass is 32.1. The Morgan fingerprint density at radius 3 is 2.85 bits per heavy atom. The average molecular weight is 366 g/mol. The van der Waals surface area contributed by atoms with Crippen LogP contribution in [0.3, 0.4) is 0 Å². The Kier molecular flexibility index (Phi) is 4.86. The number of rotatable bonds is 5. The highest BCUT2D eigenvalue weighted by molar-refractivity contribution is 7.71. The van der Waals surface area contributed by atoms with Crippen molar-refractivity contribution >= 4 is 12.2 Å². The van der Waals surface area contributed by atoms with Gasteiger partial charge in [-0.25, -0.2) is 4.98 Å². The molecule has 1 aliphatic rings. The second kappa shape index (κ2) is 7.43. The Balaban J connectivity index is 1.45. The van der Waals surface area contributed by atoms with Crippen molar-refractivity contribution in [3.63, 3.8) is 0 Å². The molecule has 0 amide bonds. The number of nitrogens with zero attached hydrogens (tertiary/aromatic N) is 3. The number of nitrogens with one attached hydrogen (secondary N) is 1. The highest BCUT2D eigenvalue weighted by Crippen LogP contribution is 2.19. The Labute approximate surface area is 158 Å². The summed E-state index contributed by atoms with van der Waals surface area (Å²) in [6, 6.07) is 12.6. The van der Waals surface area contributed by atoms with E-state index in [2.05, 4.69) is 49.9 Å². The predicted octanol–water partition coefficient (Wildman–Crippen LogP) is 3.56. The number of aromatic amines is 1. The monoisotopic (exact) mass is 366 g/mol. The van der Waals surface area contributed by atoms with Gasteiger partial charge in [-0.3, -0.25) is 4.90 Å². The van der Waals surface area contributed by atoms with Crippen LogP contribution in [0.5, 0.6) is 5.75 Å². The minimum atomic E-state index is 0.575. The Morgan fingerprint density at radius 1 is 1.19 bits per heavy atom. The molecule has 0 saturated carbocycles. The fourth-order valence-corrected chi connectivity index (χ4v) is 3.62. The summed E-state index contributed by atoms with van der Waals surface area (Å²) in [5.41, 5.74) is 5.07. The normalized spacial score (nSPS) is 14.2. The van der Waals surface area contributed by atoms with E-state index in [1.165, 1.54) is 22.5 Å². The van der Waals surface area contributed by atoms with E-state index in [1.807, 2.05) is 18.3 Å². The molecule has 1 aromatic carbocycles. The maximum Gasteiger partial charge on any atom is 0.196 e. The molecule has 0 fully saturated rings. The molecule has 3 aromatic rings. The number of ether oxygens (including phenoxy) is 1. The first kappa shape index (κ1) is 17.0. The summed E-state index contributed by atoms with van der Waals surface area (Å²) < 4.78 is 8.13. The van der Waals surface area contributed by atoms with E-state index in [9.17, 15) is 0 Å². The summed E-state index contributed by atoms with van der Waals surface area (Å²) in [7, 11) is 1.69. The van der Waals surface area contributed by atoms with Crippen molar-refractivity contribution in [3.8, 4) is 5.75 Å². The van der Waals surface area contributed by atoms with Crippen molar-refractivity contribution in [2.75, 3.05) is 13.7 Å². The summed E-state index contributed by atoms with van der Waals surface area (Å²) in [4.78, 5) is 9.91. The molecule has 6 heteroatoms. The first-order chi connectivity index (χ1) is 12.7. The molecule has 1 aliphatic heterocycles. The van der Waals surface area contributed by atoms with Gasteiger partial charge in [-0.05, 0) is 42.0 Å². The lowest BCUT2D eigenvalue weighted by Gasteiger charge is -2.28. The van der Waals surface area contributed by atoms with Crippen molar-refractivity contribution < 1.29 is 4.74 Å². The summed E-state index contributed by atoms with van der Waals surface area (Å²) >= 11 is 5.12. The van der Waals surface area contributed by atoms with Crippen LogP contribution in [0.15, 0.2) is 48.8 Å². The number of fused-ring (bicyclic) bond motifs is 1. The molecule has 0 saturated heterocycles. The zero-order valence-electron chi connectivity index (χ0n) is 14.8. The molecule has 134 valence electrons. The van der Waals surface area contributed by atoms with Gasteiger partial charge in [0.05, 0.1) is 7.11 Å². The standard InChI is InChI=1S/C20H22N4OS/c1-25-18-6-4-15(5-7-18)12-24-9-2-3-17(24)14-23-10-8-19-16(13-23)11-21-20(26)22-19/h2-7,9,11H,8,10,12-14H2,1H3,(H,21,22,26). The number of benzene rings is 1. The third-order valence-electron chi connectivity index (χ3n) is 4.88. The van der Waals surface area contributed by atoms with Crippen LogP contribution < -0.4 is 4.74 Å². The van der Waals surface area contributed by atoms with Crippen LogP contribution in [-0.4, -0.2) is 33.1 Å². The molecule has 5 nitrogen and oxygen atoms in total. The van der Waals surface area contributed by atoms with Crippen molar-refractivity contribution in [2.24, 2.45) is 0 Å². The summed E-state index contributed by atoms with van der Waals surface area (Å²) in [6.45, 7) is 3.72. The van der Waals surface area contributed by atoms with Gasteiger partial charge in [0.15, 0.2) is 4.77 Å². The Bertz CT molecular complexity index is 945. The molecule has 0 atom stereocenters. The number of aromatic nitrogens is 3. The third-order valence-corrected chi connectivity index (χ3v) is 5.08. The van der Waals surface area contributed by atoms with Crippen LogP contribution in [0.2, 0.25) is 0 Å². The fraction of sp³-hybridized carbons (Fsp3) is 0.300. The van der Waals surface area contributed by atoms with E-state index < -0.39 is 0 Å². The third kappa shape index (κ3) is 3.71. The van der Waals surface area contributed by atoms with Crippen LogP contribution in [0.4, 0.5) is 0 Å². The van der Waals surface area contributed by atoms with Gasteiger partial charge in [0.2, 0.25) is 0 Å². The number of hydrogen-bond donors (Lipinski definition) is 1. The molecular formula is C20H22N4OS. The lowest BCUT2D eigenvalue weighted by Crippen LogP contribution is -2.31. The van der Waals surface area contributed by atoms with Crippen molar-refractivity contribution in [2.45, 2.75) is 26.1 Å². The first-order valence-electron chi connectivity index (χ1n) is 8.77. The topological polar surface area (TPSA) is 46.1 Å². The molecule has 0 unspecified atom stereocenters. The molecule has 0 spiro atoms. The van der Waals surface area contributed by atoms with Crippen molar-refractivity contribution in [1.29, 1.82) is 0 Å². The van der Waals surface area contributed by atoms with Gasteiger partial charge in [-0.2, -0.15) is 0 Å². The van der Waals surface area contributed by atoms with Gasteiger partial charge in [0.25, 0.3) is 0 Å². The fourth-order valence-electron chi connectivity index (χ4n) is 3.44. The maximum atomic E-state index is 5.24. The van der Waals surface area contributed by atoms with Gasteiger partial charge in [-0.1, -0.05) is 12.1 Å². The second-order valence-corrected chi connectivity index (χ2v) is 7.01. The average Bonchev–Trinajstić information content (AvgIpc) is 3.09. The van der Waals surface area contributed by atoms with E-state index >= 15 is 0 Å². The van der Waals surface area contributed by atoms with Crippen LogP contribution in [0, 0.1) is 4.77 Å². The minimum Gasteiger partial charge on any atom is -0.497 e. The molecule has 2 aromatic heterocycles. The second-order valence-electron chi connectivity index (χ2n) is 6.63. The number of H-pyrrole nitrogens is 1. The lowest BCUT2D eigenvalue weighted by molar-refractivity contribution is 0.237. The predicted molar refractivity (Wildman–Crippen MR) is 104 cm³/mol. The molecule has 0 radical (unpaired) electrons. The minimum absolute atomic E-state index is 0.575. The van der Waals surface area contributed by atoms with Crippen LogP contribution in [0.1, 0.15) is 22.5 Å². The highest BCUT2D eigenvalue weighted by Gasteiger charge is 2.18. The molecule has 4 rings (SSSR count). The molecule has 0 bridgehead atoms. The van der Waals surface area contributed by atoms with Crippen LogP contribution in [0.25, 0.3) is 0 Å². The van der Waals surface area contributed by atoms with E-state index in [0.717, 1.165) is 38.3 Å². The first-order valence-corrected chi connectivity index (χ1v) is 9.18. The van der Waals surface area contributed by atoms with Crippen LogP contribution >= 0.6 is 12.2 Å². The SMILES string of the molecule is COc1ccc(Cn2cccc2CN2CCc3[nH]c(=S)ncc3C2)cc1. The smallest absolute Gasteiger partial charge is 0.196 e. The summed E-state index contributed by atoms with van der Waals surface area (Å²) in [6.07, 6.45) is 5.05. The van der Waals surface area contributed by atoms with Gasteiger partial charge in [0.1, 0.15) is 5.75 Å². The van der Waals surface area contributed by atoms with Gasteiger partial charge < -0.3 is 14.3 Å². The Morgan fingerprint density at radius 2 is 2.04 bits per heavy atom. The molecule has 3 heterocycles. The van der Waals surface area contributed by atoms with Crippen LogP contribution in [-0.2, 0) is 26.1 Å².